The highest BCUT2D eigenvalue weighted by Gasteiger charge is 2.22. The van der Waals surface area contributed by atoms with E-state index in [4.69, 9.17) is 4.74 Å². The van der Waals surface area contributed by atoms with Crippen LogP contribution in [0, 0.1) is 5.92 Å². The highest BCUT2D eigenvalue weighted by Crippen LogP contribution is 2.24. The standard InChI is InChI=1S/C11H20O2/c1-9(13-2)8-10-6-4-3-5-7-11(10)12/h9-10H,3-8H2,1-2H3. The van der Waals surface area contributed by atoms with E-state index < -0.39 is 0 Å². The first-order valence-corrected chi connectivity index (χ1v) is 5.29. The molecule has 1 fully saturated rings. The molecule has 2 nitrogen and oxygen atoms in total. The highest BCUT2D eigenvalue weighted by atomic mass is 16.5. The van der Waals surface area contributed by atoms with Crippen LogP contribution in [-0.2, 0) is 9.53 Å². The Kier molecular flexibility index (Phi) is 4.43. The molecule has 2 unspecified atom stereocenters. The molecular formula is C11H20O2. The zero-order chi connectivity index (χ0) is 9.68. The van der Waals surface area contributed by atoms with Crippen LogP contribution in [0.25, 0.3) is 0 Å². The summed E-state index contributed by atoms with van der Waals surface area (Å²) in [6.45, 7) is 2.04. The Morgan fingerprint density at radius 1 is 1.46 bits per heavy atom. The summed E-state index contributed by atoms with van der Waals surface area (Å²) >= 11 is 0. The van der Waals surface area contributed by atoms with Gasteiger partial charge in [-0.15, -0.1) is 0 Å². The number of Topliss-reactive ketones (excluding diaryl/α,β-unsaturated/α-hetero) is 1. The predicted octanol–water partition coefficient (Wildman–Crippen LogP) is 2.56. The first-order chi connectivity index (χ1) is 6.24. The molecule has 0 aliphatic heterocycles. The molecule has 0 heterocycles. The van der Waals surface area contributed by atoms with E-state index in [9.17, 15) is 4.79 Å². The predicted molar refractivity (Wildman–Crippen MR) is 52.7 cm³/mol. The van der Waals surface area contributed by atoms with Gasteiger partial charge in [-0.2, -0.15) is 0 Å². The number of ether oxygens (including phenoxy) is 1. The van der Waals surface area contributed by atoms with E-state index in [1.54, 1.807) is 7.11 Å². The van der Waals surface area contributed by atoms with Gasteiger partial charge in [-0.25, -0.2) is 0 Å². The van der Waals surface area contributed by atoms with Crippen molar-refractivity contribution < 1.29 is 9.53 Å². The van der Waals surface area contributed by atoms with E-state index in [0.717, 1.165) is 25.7 Å². The fourth-order valence-electron chi connectivity index (χ4n) is 1.98. The molecule has 13 heavy (non-hydrogen) atoms. The van der Waals surface area contributed by atoms with Gasteiger partial charge in [0.2, 0.25) is 0 Å². The van der Waals surface area contributed by atoms with Gasteiger partial charge in [0.1, 0.15) is 5.78 Å². The van der Waals surface area contributed by atoms with Gasteiger partial charge in [0.05, 0.1) is 6.10 Å². The van der Waals surface area contributed by atoms with E-state index >= 15 is 0 Å². The van der Waals surface area contributed by atoms with Crippen LogP contribution in [-0.4, -0.2) is 19.0 Å². The average Bonchev–Trinajstić information content (AvgIpc) is 2.32. The van der Waals surface area contributed by atoms with Crippen molar-refractivity contribution in [3.05, 3.63) is 0 Å². The molecule has 0 bridgehead atoms. The second kappa shape index (κ2) is 5.38. The van der Waals surface area contributed by atoms with Crippen molar-refractivity contribution in [3.63, 3.8) is 0 Å². The SMILES string of the molecule is COC(C)CC1CCCCCC1=O. The summed E-state index contributed by atoms with van der Waals surface area (Å²) in [5, 5.41) is 0. The minimum Gasteiger partial charge on any atom is -0.382 e. The monoisotopic (exact) mass is 184 g/mol. The van der Waals surface area contributed by atoms with E-state index in [2.05, 4.69) is 0 Å². The van der Waals surface area contributed by atoms with E-state index in [-0.39, 0.29) is 12.0 Å². The third kappa shape index (κ3) is 3.47. The summed E-state index contributed by atoms with van der Waals surface area (Å²) in [6.07, 6.45) is 6.54. The smallest absolute Gasteiger partial charge is 0.136 e. The van der Waals surface area contributed by atoms with Gasteiger partial charge < -0.3 is 4.74 Å². The molecule has 2 atom stereocenters. The fourth-order valence-corrected chi connectivity index (χ4v) is 1.98. The van der Waals surface area contributed by atoms with Crippen LogP contribution in [0.1, 0.15) is 45.4 Å². The van der Waals surface area contributed by atoms with Crippen LogP contribution in [0.4, 0.5) is 0 Å². The average molecular weight is 184 g/mol. The van der Waals surface area contributed by atoms with E-state index in [0.29, 0.717) is 5.78 Å². The van der Waals surface area contributed by atoms with Crippen LogP contribution in [0.15, 0.2) is 0 Å². The normalized spacial score (nSPS) is 26.9. The van der Waals surface area contributed by atoms with Gasteiger partial charge in [-0.1, -0.05) is 12.8 Å². The molecule has 0 spiro atoms. The lowest BCUT2D eigenvalue weighted by atomic mass is 9.93. The Bertz CT molecular complexity index is 165. The summed E-state index contributed by atoms with van der Waals surface area (Å²) in [6, 6.07) is 0. The number of methoxy groups -OCH3 is 1. The van der Waals surface area contributed by atoms with Crippen LogP contribution < -0.4 is 0 Å². The Morgan fingerprint density at radius 2 is 2.23 bits per heavy atom. The minimum absolute atomic E-state index is 0.229. The van der Waals surface area contributed by atoms with Gasteiger partial charge in [0.15, 0.2) is 0 Å². The first kappa shape index (κ1) is 10.7. The minimum atomic E-state index is 0.229. The van der Waals surface area contributed by atoms with Crippen molar-refractivity contribution in [1.82, 2.24) is 0 Å². The fraction of sp³-hybridized carbons (Fsp3) is 0.909. The summed E-state index contributed by atoms with van der Waals surface area (Å²) in [4.78, 5) is 11.6. The van der Waals surface area contributed by atoms with Gasteiger partial charge in [0, 0.05) is 19.4 Å². The number of hydrogen-bond donors (Lipinski definition) is 0. The number of carbonyl (C=O) groups is 1. The molecule has 0 saturated heterocycles. The van der Waals surface area contributed by atoms with E-state index in [1.165, 1.54) is 12.8 Å². The first-order valence-electron chi connectivity index (χ1n) is 5.29. The quantitative estimate of drug-likeness (QED) is 0.630. The molecule has 0 amide bonds. The number of carbonyl (C=O) groups excluding carboxylic acids is 1. The summed E-state index contributed by atoms with van der Waals surface area (Å²) in [5.41, 5.74) is 0. The Balaban J connectivity index is 2.40. The maximum atomic E-state index is 11.6. The molecule has 0 aromatic heterocycles. The van der Waals surface area contributed by atoms with Gasteiger partial charge in [-0.05, 0) is 26.2 Å². The van der Waals surface area contributed by atoms with Crippen molar-refractivity contribution in [2.24, 2.45) is 5.92 Å². The Labute approximate surface area is 80.7 Å². The van der Waals surface area contributed by atoms with Gasteiger partial charge in [-0.3, -0.25) is 4.79 Å². The topological polar surface area (TPSA) is 26.3 Å². The summed E-state index contributed by atoms with van der Waals surface area (Å²) < 4.78 is 5.19. The van der Waals surface area contributed by atoms with Gasteiger partial charge >= 0.3 is 0 Å². The molecular weight excluding hydrogens is 164 g/mol. The second-order valence-electron chi connectivity index (χ2n) is 4.04. The molecule has 0 radical (unpaired) electrons. The maximum Gasteiger partial charge on any atom is 0.136 e. The van der Waals surface area contributed by atoms with E-state index in [1.807, 2.05) is 6.92 Å². The molecule has 0 aromatic rings. The molecule has 1 rings (SSSR count). The zero-order valence-electron chi connectivity index (χ0n) is 8.71. The van der Waals surface area contributed by atoms with Crippen LogP contribution in [0.2, 0.25) is 0 Å². The summed E-state index contributed by atoms with van der Waals surface area (Å²) in [7, 11) is 1.71. The lowest BCUT2D eigenvalue weighted by Gasteiger charge is -2.16. The van der Waals surface area contributed by atoms with Crippen molar-refractivity contribution in [1.29, 1.82) is 0 Å². The Hall–Kier alpha value is -0.370. The molecule has 1 saturated carbocycles. The number of hydrogen-bond acceptors (Lipinski definition) is 2. The van der Waals surface area contributed by atoms with Crippen molar-refractivity contribution >= 4 is 5.78 Å². The van der Waals surface area contributed by atoms with Gasteiger partial charge in [0.25, 0.3) is 0 Å². The van der Waals surface area contributed by atoms with Crippen molar-refractivity contribution in [3.8, 4) is 0 Å². The van der Waals surface area contributed by atoms with Crippen LogP contribution in [0.3, 0.4) is 0 Å². The third-order valence-electron chi connectivity index (χ3n) is 2.95. The van der Waals surface area contributed by atoms with Crippen LogP contribution >= 0.6 is 0 Å². The number of rotatable bonds is 3. The zero-order valence-corrected chi connectivity index (χ0v) is 8.71. The lowest BCUT2D eigenvalue weighted by Crippen LogP contribution is -2.19. The maximum absolute atomic E-state index is 11.6. The molecule has 2 heteroatoms. The highest BCUT2D eigenvalue weighted by molar-refractivity contribution is 5.81. The lowest BCUT2D eigenvalue weighted by molar-refractivity contribution is -0.123. The third-order valence-corrected chi connectivity index (χ3v) is 2.95. The largest absolute Gasteiger partial charge is 0.382 e. The second-order valence-corrected chi connectivity index (χ2v) is 4.04. The van der Waals surface area contributed by atoms with Crippen molar-refractivity contribution in [2.75, 3.05) is 7.11 Å². The van der Waals surface area contributed by atoms with Crippen molar-refractivity contribution in [2.45, 2.75) is 51.6 Å². The summed E-state index contributed by atoms with van der Waals surface area (Å²) in [5.74, 6) is 0.735. The number of ketones is 1. The van der Waals surface area contributed by atoms with Crippen LogP contribution in [0.5, 0.6) is 0 Å². The molecule has 1 aliphatic rings. The molecule has 1 aliphatic carbocycles. The molecule has 0 N–H and O–H groups in total. The molecule has 76 valence electrons. The Morgan fingerprint density at radius 3 is 2.92 bits per heavy atom. The molecule has 0 aromatic carbocycles.